The number of hydrogen-bond acceptors (Lipinski definition) is 14. The normalized spacial score (nSPS) is 12.8. The zero-order valence-corrected chi connectivity index (χ0v) is 43.1. The second kappa shape index (κ2) is 22.1. The number of aromatic nitrogens is 4. The highest BCUT2D eigenvalue weighted by molar-refractivity contribution is 7.21. The summed E-state index contributed by atoms with van der Waals surface area (Å²) in [5, 5.41) is 10.1. The van der Waals surface area contributed by atoms with Crippen LogP contribution in [0.15, 0.2) is 79.8 Å². The molecule has 0 spiro atoms. The van der Waals surface area contributed by atoms with Crippen LogP contribution in [0.3, 0.4) is 0 Å². The van der Waals surface area contributed by atoms with E-state index in [1.807, 2.05) is 88.4 Å². The fourth-order valence-corrected chi connectivity index (χ4v) is 10.2. The number of carboxylic acids is 1. The summed E-state index contributed by atoms with van der Waals surface area (Å²) < 4.78 is 26.9. The van der Waals surface area contributed by atoms with E-state index in [0.717, 1.165) is 42.9 Å². The Labute approximate surface area is 411 Å². The molecular weight excluding hydrogens is 943 g/mol. The molecule has 20 heteroatoms. The number of nitrogens with two attached hydrogens (primary N) is 1. The Kier molecular flexibility index (Phi) is 17.2. The van der Waals surface area contributed by atoms with Gasteiger partial charge in [0.2, 0.25) is 5.91 Å². The van der Waals surface area contributed by atoms with Crippen molar-refractivity contribution in [1.82, 2.24) is 18.3 Å². The van der Waals surface area contributed by atoms with Crippen molar-refractivity contribution in [1.29, 1.82) is 0 Å². The molecule has 0 fully saturated rings. The number of aliphatic carboxylic acids is 1. The van der Waals surface area contributed by atoms with Crippen LogP contribution in [0.5, 0.6) is 0 Å². The Bertz CT molecular complexity index is 2950. The minimum Gasteiger partial charge on any atom is -0.480 e. The average molecular weight is 1000 g/mol. The van der Waals surface area contributed by atoms with E-state index < -0.39 is 69.6 Å². The summed E-state index contributed by atoms with van der Waals surface area (Å²) in [5.74, 6) is -3.35. The Morgan fingerprint density at radius 3 is 1.26 bits per heavy atom. The van der Waals surface area contributed by atoms with Crippen molar-refractivity contribution in [3.8, 4) is 0 Å². The molecule has 1 amide bonds. The quantitative estimate of drug-likeness (QED) is 0.0844. The largest absolute Gasteiger partial charge is 0.480 e. The number of carbonyl (C=O) groups excluding carboxylic acids is 3. The Hall–Kier alpha value is -6.48. The lowest BCUT2D eigenvalue weighted by atomic mass is 10.0. The van der Waals surface area contributed by atoms with Gasteiger partial charge in [0.1, 0.15) is 42.7 Å². The first-order valence-corrected chi connectivity index (χ1v) is 24.3. The molecule has 0 saturated heterocycles. The maximum Gasteiger partial charge on any atom is 0.348 e. The van der Waals surface area contributed by atoms with E-state index in [4.69, 9.17) is 24.7 Å². The number of ether oxygens (including phenoxy) is 4. The molecule has 6 rings (SSSR count). The molecule has 0 aliphatic heterocycles. The van der Waals surface area contributed by atoms with Gasteiger partial charge < -0.3 is 29.8 Å². The molecule has 0 radical (unpaired) electrons. The van der Waals surface area contributed by atoms with Gasteiger partial charge in [-0.3, -0.25) is 23.5 Å². The third kappa shape index (κ3) is 10.9. The Morgan fingerprint density at radius 1 is 0.614 bits per heavy atom. The molecule has 18 nitrogen and oxygen atoms in total. The fraction of sp³-hybridized carbons (Fsp3) is 0.440. The fourth-order valence-electron chi connectivity index (χ4n) is 7.77. The van der Waals surface area contributed by atoms with Crippen molar-refractivity contribution < 1.29 is 43.2 Å². The van der Waals surface area contributed by atoms with Crippen molar-refractivity contribution in [3.05, 3.63) is 134 Å². The number of amides is 1. The number of benzene rings is 2. The number of primary amides is 1. The van der Waals surface area contributed by atoms with Crippen LogP contribution in [-0.4, -0.2) is 72.6 Å². The molecule has 4 aromatic heterocycles. The molecule has 0 saturated carbocycles. The summed E-state index contributed by atoms with van der Waals surface area (Å²) in [7, 11) is 0. The van der Waals surface area contributed by atoms with Crippen LogP contribution in [0.2, 0.25) is 0 Å². The number of fused-ring (bicyclic) bond motifs is 2. The average Bonchev–Trinajstić information content (AvgIpc) is 3.83. The number of nitrogens with zero attached hydrogens (tertiary/aromatic N) is 4. The smallest absolute Gasteiger partial charge is 0.348 e. The van der Waals surface area contributed by atoms with Crippen molar-refractivity contribution in [2.24, 2.45) is 5.73 Å². The van der Waals surface area contributed by atoms with E-state index in [1.165, 1.54) is 36.8 Å². The minimum atomic E-state index is -1.83. The van der Waals surface area contributed by atoms with E-state index in [9.17, 15) is 43.5 Å². The van der Waals surface area contributed by atoms with Gasteiger partial charge in [0.05, 0.1) is 49.3 Å². The Morgan fingerprint density at radius 2 is 0.957 bits per heavy atom. The number of carbonyl (C=O) groups is 4. The molecule has 4 heterocycles. The van der Waals surface area contributed by atoms with Crippen molar-refractivity contribution in [3.63, 3.8) is 0 Å². The van der Waals surface area contributed by atoms with E-state index in [-0.39, 0.29) is 63.9 Å². The summed E-state index contributed by atoms with van der Waals surface area (Å²) >= 11 is 2.00. The highest BCUT2D eigenvalue weighted by atomic mass is 32.1. The van der Waals surface area contributed by atoms with Crippen molar-refractivity contribution in [2.45, 2.75) is 132 Å². The molecule has 70 heavy (non-hydrogen) atoms. The molecule has 2 aromatic carbocycles. The molecule has 2 atom stereocenters. The lowest BCUT2D eigenvalue weighted by molar-refractivity contribution is -0.146. The summed E-state index contributed by atoms with van der Waals surface area (Å²) in [5.41, 5.74) is 1.58. The first-order chi connectivity index (χ1) is 32.8. The first-order valence-electron chi connectivity index (χ1n) is 22.7. The van der Waals surface area contributed by atoms with Gasteiger partial charge in [0.25, 0.3) is 11.1 Å². The molecule has 0 unspecified atom stereocenters. The minimum absolute atomic E-state index is 0.00965. The number of carboxylic acid groups (broad SMARTS) is 1. The monoisotopic (exact) mass is 1000 g/mol. The van der Waals surface area contributed by atoms with Gasteiger partial charge in [-0.25, -0.2) is 33.1 Å². The van der Waals surface area contributed by atoms with Crippen LogP contribution >= 0.6 is 22.7 Å². The van der Waals surface area contributed by atoms with Gasteiger partial charge in [-0.2, -0.15) is 0 Å². The topological polar surface area (TPSA) is 239 Å². The molecule has 0 aliphatic rings. The predicted molar refractivity (Wildman–Crippen MR) is 268 cm³/mol. The highest BCUT2D eigenvalue weighted by Gasteiger charge is 2.37. The summed E-state index contributed by atoms with van der Waals surface area (Å²) in [6.45, 7) is 19.9. The summed E-state index contributed by atoms with van der Waals surface area (Å²) in [6, 6.07) is 18.7. The van der Waals surface area contributed by atoms with Gasteiger partial charge in [-0.05, 0) is 105 Å². The van der Waals surface area contributed by atoms with Crippen LogP contribution in [0.25, 0.3) is 20.4 Å². The molecular formula is C50H61N5O13S2. The molecule has 3 N–H and O–H groups in total. The Balaban J connectivity index is 0.000000261. The maximum atomic E-state index is 13.8. The first kappa shape index (κ1) is 54.5. The lowest BCUT2D eigenvalue weighted by Crippen LogP contribution is -2.54. The van der Waals surface area contributed by atoms with Gasteiger partial charge in [0.15, 0.2) is 0 Å². The van der Waals surface area contributed by atoms with Crippen molar-refractivity contribution >= 4 is 66.9 Å². The zero-order chi connectivity index (χ0) is 52.2. The van der Waals surface area contributed by atoms with Crippen LogP contribution in [0, 0.1) is 13.8 Å². The summed E-state index contributed by atoms with van der Waals surface area (Å²) in [6.07, 6.45) is -1.43. The van der Waals surface area contributed by atoms with Gasteiger partial charge in [-0.15, -0.1) is 22.7 Å². The zero-order valence-electron chi connectivity index (χ0n) is 41.4. The number of aryl methyl sites for hydroxylation is 2. The van der Waals surface area contributed by atoms with E-state index in [2.05, 4.69) is 0 Å². The number of hydrogen-bond donors (Lipinski definition) is 2. The van der Waals surface area contributed by atoms with Crippen LogP contribution < -0.4 is 28.2 Å². The van der Waals surface area contributed by atoms with Crippen LogP contribution in [-0.2, 0) is 52.7 Å². The van der Waals surface area contributed by atoms with Crippen LogP contribution in [0.4, 0.5) is 0 Å². The SMILES string of the molecule is CCOC(=O)c1sc2c(c1C)c(=O)n(C(C)(C)C(=O)O)c(=O)n2C[C@@H](OC(C)C)c1ccccc1.CCOC(=O)c1sc2c(c1C)c(=O)n(C(C)(C)C(N)=O)c(=O)n2C[C@@H](OC(C)C)c1ccccc1. The number of rotatable bonds is 18. The third-order valence-electron chi connectivity index (χ3n) is 11.5. The maximum absolute atomic E-state index is 13.8. The highest BCUT2D eigenvalue weighted by Crippen LogP contribution is 2.33. The lowest BCUT2D eigenvalue weighted by Gasteiger charge is -2.26. The molecule has 0 aliphatic carbocycles. The van der Waals surface area contributed by atoms with Gasteiger partial charge in [-0.1, -0.05) is 60.7 Å². The molecule has 6 aromatic rings. The predicted octanol–water partition coefficient (Wildman–Crippen LogP) is 6.79. The van der Waals surface area contributed by atoms with Gasteiger partial charge >= 0.3 is 29.3 Å². The van der Waals surface area contributed by atoms with E-state index in [0.29, 0.717) is 16.0 Å². The van der Waals surface area contributed by atoms with Gasteiger partial charge in [0, 0.05) is 0 Å². The van der Waals surface area contributed by atoms with Crippen LogP contribution in [0.1, 0.15) is 123 Å². The third-order valence-corrected chi connectivity index (χ3v) is 14.1. The number of thiophene rings is 2. The second-order valence-corrected chi connectivity index (χ2v) is 19.9. The van der Waals surface area contributed by atoms with Crippen molar-refractivity contribution in [2.75, 3.05) is 13.2 Å². The summed E-state index contributed by atoms with van der Waals surface area (Å²) in [4.78, 5) is 105. The standard InChI is InChI=1S/C25H31N3O6S.C25H30N2O7S/c1-7-33-22(30)19-15(4)18-20(29)28(25(5,6)23(26)31)24(32)27(21(18)35-19)13-17(34-14(2)3)16-11-9-8-10-12-16;1-7-33-22(29)19-15(4)18-20(28)27(25(5,6)23(30)31)24(32)26(21(18)35-19)13-17(34-14(2)3)16-11-9-8-10-12-16/h8-12,14,17H,7,13H2,1-6H3,(H2,26,31);8-12,14,17H,7,13H2,1-6H3,(H,30,31)/t2*17-/m11/s1. The molecule has 0 bridgehead atoms. The second-order valence-electron chi connectivity index (χ2n) is 17.9. The number of esters is 2. The van der Waals surface area contributed by atoms with E-state index >= 15 is 0 Å². The molecule has 376 valence electrons. The van der Waals surface area contributed by atoms with E-state index in [1.54, 1.807) is 27.7 Å².